The Labute approximate surface area is 70.5 Å². The lowest BCUT2D eigenvalue weighted by Gasteiger charge is -2.25. The maximum Gasteiger partial charge on any atom is 0.197 e. The third-order valence-corrected chi connectivity index (χ3v) is 2.20. The zero-order chi connectivity index (χ0) is 9.57. The highest BCUT2D eigenvalue weighted by Crippen LogP contribution is 2.36. The van der Waals surface area contributed by atoms with Crippen molar-refractivity contribution in [3.8, 4) is 0 Å². The fourth-order valence-corrected chi connectivity index (χ4v) is 1.27. The minimum absolute atomic E-state index is 1.25. The van der Waals surface area contributed by atoms with Gasteiger partial charge in [0.15, 0.2) is 11.6 Å². The van der Waals surface area contributed by atoms with E-state index in [2.05, 4.69) is 0 Å². The van der Waals surface area contributed by atoms with Crippen LogP contribution in [0.2, 0.25) is 0 Å². The molecule has 0 aromatic carbocycles. The van der Waals surface area contributed by atoms with E-state index in [1.807, 2.05) is 0 Å². The smallest absolute Gasteiger partial charge is 0.197 e. The third-order valence-electron chi connectivity index (χ3n) is 2.20. The lowest BCUT2D eigenvalue weighted by atomic mass is 10.1. The predicted octanol–water partition coefficient (Wildman–Crippen LogP) is -1.19. The molecule has 0 aromatic rings. The maximum atomic E-state index is 9.39. The molecule has 0 spiro atoms. The van der Waals surface area contributed by atoms with Crippen LogP contribution in [-0.2, 0) is 9.47 Å². The van der Waals surface area contributed by atoms with Crippen LogP contribution < -0.4 is 0 Å². The number of aliphatic hydroxyl groups excluding tert-OH is 2. The van der Waals surface area contributed by atoms with Crippen LogP contribution >= 0.6 is 0 Å². The van der Waals surface area contributed by atoms with E-state index in [0.717, 1.165) is 0 Å². The van der Waals surface area contributed by atoms with E-state index < -0.39 is 23.8 Å². The Morgan fingerprint density at radius 3 is 1.92 bits per heavy atom. The molecule has 4 unspecified atom stereocenters. The number of hydrogen-bond acceptors (Lipinski definition) is 5. The summed E-state index contributed by atoms with van der Waals surface area (Å²) in [4.78, 5) is 0. The van der Waals surface area contributed by atoms with Crippen LogP contribution in [0.15, 0.2) is 0 Å². The first-order valence-electron chi connectivity index (χ1n) is 3.67. The van der Waals surface area contributed by atoms with Gasteiger partial charge in [-0.2, -0.15) is 0 Å². The molecule has 1 fully saturated rings. The Hall–Kier alpha value is -0.200. The molecule has 1 heterocycles. The van der Waals surface area contributed by atoms with Crippen LogP contribution in [-0.4, -0.2) is 46.2 Å². The quantitative estimate of drug-likeness (QED) is 0.470. The Balaban J connectivity index is 2.88. The molecule has 72 valence electrons. The Morgan fingerprint density at radius 2 is 1.75 bits per heavy atom. The maximum absolute atomic E-state index is 9.39. The molecule has 5 nitrogen and oxygen atoms in total. The minimum atomic E-state index is -1.76. The highest BCUT2D eigenvalue weighted by molar-refractivity contribution is 4.95. The van der Waals surface area contributed by atoms with Gasteiger partial charge in [-0.15, -0.1) is 0 Å². The summed E-state index contributed by atoms with van der Waals surface area (Å²) in [6, 6.07) is 0. The standard InChI is InChI=1S/C7H14O5/c1-6(10)4(8)5(9)7(2,11-3)12-6/h4-5,8-10H,1-3H3. The number of ether oxygens (including phenoxy) is 2. The molecule has 1 saturated heterocycles. The van der Waals surface area contributed by atoms with Gasteiger partial charge in [0.25, 0.3) is 0 Å². The molecular weight excluding hydrogens is 164 g/mol. The predicted molar refractivity (Wildman–Crippen MR) is 39.1 cm³/mol. The van der Waals surface area contributed by atoms with Crippen LogP contribution in [0.5, 0.6) is 0 Å². The summed E-state index contributed by atoms with van der Waals surface area (Å²) in [5, 5.41) is 28.1. The van der Waals surface area contributed by atoms with E-state index in [1.54, 1.807) is 0 Å². The van der Waals surface area contributed by atoms with Crippen LogP contribution in [0.3, 0.4) is 0 Å². The number of methoxy groups -OCH3 is 1. The molecule has 0 aliphatic carbocycles. The first-order chi connectivity index (χ1) is 5.33. The van der Waals surface area contributed by atoms with Gasteiger partial charge in [0.2, 0.25) is 0 Å². The highest BCUT2D eigenvalue weighted by Gasteiger charge is 2.57. The van der Waals surface area contributed by atoms with Crippen LogP contribution in [0.4, 0.5) is 0 Å². The van der Waals surface area contributed by atoms with Gasteiger partial charge in [-0.25, -0.2) is 0 Å². The average molecular weight is 178 g/mol. The van der Waals surface area contributed by atoms with Crippen molar-refractivity contribution in [3.63, 3.8) is 0 Å². The number of hydrogen-bond donors (Lipinski definition) is 3. The van der Waals surface area contributed by atoms with E-state index in [-0.39, 0.29) is 0 Å². The van der Waals surface area contributed by atoms with Crippen LogP contribution in [0.25, 0.3) is 0 Å². The topological polar surface area (TPSA) is 79.2 Å². The summed E-state index contributed by atoms with van der Waals surface area (Å²) >= 11 is 0. The van der Waals surface area contributed by atoms with Gasteiger partial charge in [0.1, 0.15) is 12.2 Å². The molecule has 1 rings (SSSR count). The zero-order valence-electron chi connectivity index (χ0n) is 7.31. The molecular formula is C7H14O5. The summed E-state index contributed by atoms with van der Waals surface area (Å²) in [6.07, 6.45) is -2.61. The minimum Gasteiger partial charge on any atom is -0.385 e. The molecule has 0 saturated carbocycles. The van der Waals surface area contributed by atoms with Gasteiger partial charge in [-0.05, 0) is 13.8 Å². The first-order valence-corrected chi connectivity index (χ1v) is 3.67. The van der Waals surface area contributed by atoms with Gasteiger partial charge in [0, 0.05) is 7.11 Å². The lowest BCUT2D eigenvalue weighted by molar-refractivity contribution is -0.301. The molecule has 12 heavy (non-hydrogen) atoms. The SMILES string of the molecule is COC1(C)OC(C)(O)C(O)C1O. The summed E-state index contributed by atoms with van der Waals surface area (Å²) in [5.74, 6) is -3.10. The summed E-state index contributed by atoms with van der Waals surface area (Å²) in [5.41, 5.74) is 0. The first kappa shape index (κ1) is 9.88. The molecule has 0 radical (unpaired) electrons. The molecule has 4 atom stereocenters. The van der Waals surface area contributed by atoms with Crippen molar-refractivity contribution < 1.29 is 24.8 Å². The zero-order valence-corrected chi connectivity index (χ0v) is 7.31. The Bertz CT molecular complexity index is 181. The van der Waals surface area contributed by atoms with E-state index in [9.17, 15) is 15.3 Å². The van der Waals surface area contributed by atoms with Crippen molar-refractivity contribution in [2.45, 2.75) is 37.6 Å². The lowest BCUT2D eigenvalue weighted by Crippen LogP contribution is -2.42. The van der Waals surface area contributed by atoms with E-state index in [4.69, 9.17) is 9.47 Å². The second-order valence-electron chi connectivity index (χ2n) is 3.27. The summed E-state index contributed by atoms with van der Waals surface area (Å²) in [6.45, 7) is 2.72. The van der Waals surface area contributed by atoms with Crippen molar-refractivity contribution >= 4 is 0 Å². The van der Waals surface area contributed by atoms with E-state index in [0.29, 0.717) is 0 Å². The van der Waals surface area contributed by atoms with Gasteiger partial charge in [0.05, 0.1) is 0 Å². The monoisotopic (exact) mass is 178 g/mol. The van der Waals surface area contributed by atoms with Gasteiger partial charge < -0.3 is 24.8 Å². The second-order valence-corrected chi connectivity index (χ2v) is 3.27. The fourth-order valence-electron chi connectivity index (χ4n) is 1.27. The highest BCUT2D eigenvalue weighted by atomic mass is 16.8. The van der Waals surface area contributed by atoms with Gasteiger partial charge in [-0.1, -0.05) is 0 Å². The molecule has 0 aromatic heterocycles. The molecule has 0 amide bonds. The van der Waals surface area contributed by atoms with E-state index in [1.165, 1.54) is 21.0 Å². The van der Waals surface area contributed by atoms with Crippen molar-refractivity contribution in [2.24, 2.45) is 0 Å². The average Bonchev–Trinajstić information content (AvgIpc) is 2.13. The van der Waals surface area contributed by atoms with Crippen molar-refractivity contribution in [2.75, 3.05) is 7.11 Å². The third kappa shape index (κ3) is 1.23. The summed E-state index contributed by atoms with van der Waals surface area (Å²) < 4.78 is 9.77. The van der Waals surface area contributed by atoms with Crippen LogP contribution in [0.1, 0.15) is 13.8 Å². The molecule has 1 aliphatic rings. The Kier molecular flexibility index (Phi) is 2.18. The van der Waals surface area contributed by atoms with Gasteiger partial charge >= 0.3 is 0 Å². The van der Waals surface area contributed by atoms with Crippen molar-refractivity contribution in [3.05, 3.63) is 0 Å². The molecule has 3 N–H and O–H groups in total. The fraction of sp³-hybridized carbons (Fsp3) is 1.00. The number of aliphatic hydroxyl groups is 3. The van der Waals surface area contributed by atoms with Crippen molar-refractivity contribution in [1.29, 1.82) is 0 Å². The molecule has 5 heteroatoms. The van der Waals surface area contributed by atoms with Crippen LogP contribution in [0, 0.1) is 0 Å². The number of rotatable bonds is 1. The Morgan fingerprint density at radius 1 is 1.25 bits per heavy atom. The van der Waals surface area contributed by atoms with E-state index >= 15 is 0 Å². The summed E-state index contributed by atoms with van der Waals surface area (Å²) in [7, 11) is 1.33. The normalized spacial score (nSPS) is 54.5. The van der Waals surface area contributed by atoms with Crippen molar-refractivity contribution in [1.82, 2.24) is 0 Å². The molecule has 1 aliphatic heterocycles. The van der Waals surface area contributed by atoms with Gasteiger partial charge in [-0.3, -0.25) is 0 Å². The second kappa shape index (κ2) is 2.65. The molecule has 0 bridgehead atoms. The largest absolute Gasteiger partial charge is 0.385 e.